The fourth-order valence-corrected chi connectivity index (χ4v) is 1.40. The van der Waals surface area contributed by atoms with Crippen LogP contribution in [-0.4, -0.2) is 11.6 Å². The molecule has 0 fully saturated rings. The van der Waals surface area contributed by atoms with Crippen molar-refractivity contribution >= 4 is 34.3 Å². The van der Waals surface area contributed by atoms with Crippen LogP contribution in [0.25, 0.3) is 0 Å². The van der Waals surface area contributed by atoms with Crippen LogP contribution in [0.2, 0.25) is 0 Å². The van der Waals surface area contributed by atoms with Crippen molar-refractivity contribution in [3.05, 3.63) is 27.8 Å². The van der Waals surface area contributed by atoms with Crippen LogP contribution in [0.4, 0.5) is 10.5 Å². The van der Waals surface area contributed by atoms with Gasteiger partial charge in [0.05, 0.1) is 0 Å². The van der Waals surface area contributed by atoms with Crippen molar-refractivity contribution in [1.29, 1.82) is 0 Å². The molecule has 0 spiro atoms. The number of amides is 2. The molecule has 3 nitrogen and oxygen atoms in total. The molecule has 4 heteroatoms. The molecule has 0 bridgehead atoms. The summed E-state index contributed by atoms with van der Waals surface area (Å²) < 4.78 is 1.15. The number of hydrogen-bond acceptors (Lipinski definition) is 1. The highest BCUT2D eigenvalue weighted by Gasteiger charge is 2.13. The summed E-state index contributed by atoms with van der Waals surface area (Å²) in [5, 5.41) is 5.60. The summed E-state index contributed by atoms with van der Waals surface area (Å²) in [6, 6.07) is 7.48. The topological polar surface area (TPSA) is 41.1 Å². The van der Waals surface area contributed by atoms with Gasteiger partial charge < -0.3 is 10.6 Å². The second-order valence-corrected chi connectivity index (χ2v) is 5.58. The van der Waals surface area contributed by atoms with Gasteiger partial charge in [0, 0.05) is 14.8 Å². The molecule has 0 saturated carbocycles. The first-order valence-corrected chi connectivity index (χ1v) is 5.79. The molecular formula is C11H15IN2O. The van der Waals surface area contributed by atoms with E-state index in [1.807, 2.05) is 45.0 Å². The number of carbonyl (C=O) groups excluding carboxylic acids is 1. The van der Waals surface area contributed by atoms with E-state index in [2.05, 4.69) is 33.2 Å². The molecule has 0 radical (unpaired) electrons. The zero-order valence-corrected chi connectivity index (χ0v) is 11.3. The van der Waals surface area contributed by atoms with Crippen LogP contribution in [0.3, 0.4) is 0 Å². The molecule has 2 N–H and O–H groups in total. The minimum Gasteiger partial charge on any atom is -0.333 e. The third-order valence-corrected chi connectivity index (χ3v) is 2.31. The minimum absolute atomic E-state index is 0.177. The number of anilines is 1. The highest BCUT2D eigenvalue weighted by atomic mass is 127. The van der Waals surface area contributed by atoms with Gasteiger partial charge in [0.15, 0.2) is 0 Å². The van der Waals surface area contributed by atoms with Crippen molar-refractivity contribution in [2.45, 2.75) is 26.3 Å². The lowest BCUT2D eigenvalue weighted by atomic mass is 10.1. The summed E-state index contributed by atoms with van der Waals surface area (Å²) in [4.78, 5) is 11.5. The molecule has 0 aliphatic carbocycles. The predicted molar refractivity (Wildman–Crippen MR) is 71.1 cm³/mol. The van der Waals surface area contributed by atoms with Crippen LogP contribution in [0.5, 0.6) is 0 Å². The van der Waals surface area contributed by atoms with Crippen LogP contribution >= 0.6 is 22.6 Å². The Kier molecular flexibility index (Phi) is 3.96. The molecule has 0 atom stereocenters. The quantitative estimate of drug-likeness (QED) is 0.767. The Bertz CT molecular complexity index is 341. The van der Waals surface area contributed by atoms with Crippen molar-refractivity contribution in [1.82, 2.24) is 5.32 Å². The van der Waals surface area contributed by atoms with Crippen molar-refractivity contribution in [3.8, 4) is 0 Å². The molecule has 15 heavy (non-hydrogen) atoms. The number of halogens is 1. The van der Waals surface area contributed by atoms with E-state index in [1.54, 1.807) is 0 Å². The van der Waals surface area contributed by atoms with Crippen LogP contribution in [-0.2, 0) is 0 Å². The molecule has 1 aromatic carbocycles. The van der Waals surface area contributed by atoms with Crippen LogP contribution in [0.15, 0.2) is 24.3 Å². The third-order valence-electron chi connectivity index (χ3n) is 1.59. The van der Waals surface area contributed by atoms with Crippen LogP contribution in [0.1, 0.15) is 20.8 Å². The minimum atomic E-state index is -0.215. The van der Waals surface area contributed by atoms with Gasteiger partial charge in [-0.1, -0.05) is 0 Å². The standard InChI is InChI=1S/C11H15IN2O/c1-11(2,3)14-10(15)13-9-6-4-8(12)5-7-9/h4-7H,1-3H3,(H2,13,14,15). The molecule has 1 rings (SSSR count). The molecule has 0 aliphatic heterocycles. The fourth-order valence-electron chi connectivity index (χ4n) is 1.04. The molecule has 0 unspecified atom stereocenters. The van der Waals surface area contributed by atoms with Gasteiger partial charge in [-0.2, -0.15) is 0 Å². The number of hydrogen-bond donors (Lipinski definition) is 2. The number of rotatable bonds is 1. The molecule has 1 aromatic rings. The van der Waals surface area contributed by atoms with Gasteiger partial charge in [-0.15, -0.1) is 0 Å². The van der Waals surface area contributed by atoms with Crippen molar-refractivity contribution in [2.24, 2.45) is 0 Å². The van der Waals surface area contributed by atoms with Gasteiger partial charge in [-0.05, 0) is 67.6 Å². The van der Waals surface area contributed by atoms with Gasteiger partial charge in [-0.25, -0.2) is 4.79 Å². The van der Waals surface area contributed by atoms with E-state index < -0.39 is 0 Å². The number of benzene rings is 1. The molecule has 0 aliphatic rings. The van der Waals surface area contributed by atoms with E-state index in [1.165, 1.54) is 0 Å². The molecule has 2 amide bonds. The Morgan fingerprint density at radius 1 is 1.20 bits per heavy atom. The van der Waals surface area contributed by atoms with E-state index in [0.29, 0.717) is 0 Å². The lowest BCUT2D eigenvalue weighted by Gasteiger charge is -2.20. The van der Waals surface area contributed by atoms with Crippen LogP contribution < -0.4 is 10.6 Å². The van der Waals surface area contributed by atoms with E-state index in [4.69, 9.17) is 0 Å². The molecular weight excluding hydrogens is 303 g/mol. The lowest BCUT2D eigenvalue weighted by Crippen LogP contribution is -2.43. The average Bonchev–Trinajstić information content (AvgIpc) is 2.05. The molecule has 0 aromatic heterocycles. The largest absolute Gasteiger partial charge is 0.333 e. The Hall–Kier alpha value is -0.780. The summed E-state index contributed by atoms with van der Waals surface area (Å²) in [6.07, 6.45) is 0. The zero-order chi connectivity index (χ0) is 11.5. The summed E-state index contributed by atoms with van der Waals surface area (Å²) in [6.45, 7) is 5.83. The fraction of sp³-hybridized carbons (Fsp3) is 0.364. The Balaban J connectivity index is 2.55. The Morgan fingerprint density at radius 2 is 1.73 bits per heavy atom. The van der Waals surface area contributed by atoms with Crippen molar-refractivity contribution < 1.29 is 4.79 Å². The maximum Gasteiger partial charge on any atom is 0.319 e. The normalized spacial score (nSPS) is 10.9. The van der Waals surface area contributed by atoms with Gasteiger partial charge in [0.1, 0.15) is 0 Å². The second kappa shape index (κ2) is 4.83. The van der Waals surface area contributed by atoms with Gasteiger partial charge in [0.25, 0.3) is 0 Å². The summed E-state index contributed by atoms with van der Waals surface area (Å²) in [5.41, 5.74) is 0.588. The number of carbonyl (C=O) groups is 1. The summed E-state index contributed by atoms with van der Waals surface area (Å²) in [7, 11) is 0. The van der Waals surface area contributed by atoms with Gasteiger partial charge in [-0.3, -0.25) is 0 Å². The Morgan fingerprint density at radius 3 is 2.20 bits per heavy atom. The monoisotopic (exact) mass is 318 g/mol. The SMILES string of the molecule is CC(C)(C)NC(=O)Nc1ccc(I)cc1. The van der Waals surface area contributed by atoms with Crippen molar-refractivity contribution in [3.63, 3.8) is 0 Å². The Labute approximate surface area is 104 Å². The average molecular weight is 318 g/mol. The smallest absolute Gasteiger partial charge is 0.319 e. The first kappa shape index (κ1) is 12.3. The van der Waals surface area contributed by atoms with E-state index in [-0.39, 0.29) is 11.6 Å². The molecule has 82 valence electrons. The van der Waals surface area contributed by atoms with Crippen molar-refractivity contribution in [2.75, 3.05) is 5.32 Å². The van der Waals surface area contributed by atoms with E-state index in [9.17, 15) is 4.79 Å². The number of urea groups is 1. The highest BCUT2D eigenvalue weighted by Crippen LogP contribution is 2.11. The maximum atomic E-state index is 11.5. The first-order chi connectivity index (χ1) is 6.87. The highest BCUT2D eigenvalue weighted by molar-refractivity contribution is 14.1. The first-order valence-electron chi connectivity index (χ1n) is 4.71. The predicted octanol–water partition coefficient (Wildman–Crippen LogP) is 3.21. The third kappa shape index (κ3) is 5.01. The zero-order valence-electron chi connectivity index (χ0n) is 9.10. The number of nitrogens with one attached hydrogen (secondary N) is 2. The summed E-state index contributed by atoms with van der Waals surface area (Å²) >= 11 is 2.22. The molecule has 0 saturated heterocycles. The van der Waals surface area contributed by atoms with Gasteiger partial charge >= 0.3 is 6.03 Å². The summed E-state index contributed by atoms with van der Waals surface area (Å²) in [5.74, 6) is 0. The maximum absolute atomic E-state index is 11.5. The molecule has 0 heterocycles. The lowest BCUT2D eigenvalue weighted by molar-refractivity contribution is 0.244. The second-order valence-electron chi connectivity index (χ2n) is 4.34. The van der Waals surface area contributed by atoms with E-state index in [0.717, 1.165) is 9.26 Å². The van der Waals surface area contributed by atoms with Crippen LogP contribution in [0, 0.1) is 3.57 Å². The van der Waals surface area contributed by atoms with Gasteiger partial charge in [0.2, 0.25) is 0 Å². The van der Waals surface area contributed by atoms with E-state index >= 15 is 0 Å².